The molecular formula is C14H12ClN. The van der Waals surface area contributed by atoms with Gasteiger partial charge in [-0.25, -0.2) is 0 Å². The quantitative estimate of drug-likeness (QED) is 0.778. The average molecular weight is 230 g/mol. The third kappa shape index (κ3) is 1.68. The number of anilines is 1. The molecule has 0 saturated carbocycles. The summed E-state index contributed by atoms with van der Waals surface area (Å²) in [6.07, 6.45) is 1.04. The highest BCUT2D eigenvalue weighted by atomic mass is 35.5. The fraction of sp³-hybridized carbons (Fsp3) is 0.143. The van der Waals surface area contributed by atoms with Crippen molar-refractivity contribution in [2.45, 2.75) is 12.5 Å². The Balaban J connectivity index is 1.91. The van der Waals surface area contributed by atoms with Gasteiger partial charge in [0.2, 0.25) is 0 Å². The van der Waals surface area contributed by atoms with E-state index in [4.69, 9.17) is 11.6 Å². The Morgan fingerprint density at radius 1 is 1.06 bits per heavy atom. The van der Waals surface area contributed by atoms with Crippen molar-refractivity contribution in [2.75, 3.05) is 5.32 Å². The predicted octanol–water partition coefficient (Wildman–Crippen LogP) is 4.05. The minimum atomic E-state index is 0.357. The minimum Gasteiger partial charge on any atom is -0.378 e. The molecule has 2 aromatic rings. The third-order valence-electron chi connectivity index (χ3n) is 3.02. The van der Waals surface area contributed by atoms with Crippen molar-refractivity contribution in [1.82, 2.24) is 0 Å². The molecule has 0 bridgehead atoms. The van der Waals surface area contributed by atoms with E-state index in [-0.39, 0.29) is 0 Å². The largest absolute Gasteiger partial charge is 0.378 e. The maximum atomic E-state index is 6.01. The number of halogens is 1. The van der Waals surface area contributed by atoms with Crippen LogP contribution >= 0.6 is 11.6 Å². The van der Waals surface area contributed by atoms with Crippen LogP contribution in [-0.2, 0) is 6.42 Å². The SMILES string of the molecule is Clc1cccc(C2Cc3ccccc3N2)c1. The van der Waals surface area contributed by atoms with Gasteiger partial charge in [-0.3, -0.25) is 0 Å². The number of nitrogens with one attached hydrogen (secondary N) is 1. The monoisotopic (exact) mass is 229 g/mol. The van der Waals surface area contributed by atoms with Gasteiger partial charge in [-0.2, -0.15) is 0 Å². The van der Waals surface area contributed by atoms with Crippen molar-refractivity contribution in [3.63, 3.8) is 0 Å². The van der Waals surface area contributed by atoms with E-state index in [0.717, 1.165) is 11.4 Å². The molecule has 0 amide bonds. The predicted molar refractivity (Wildman–Crippen MR) is 68.0 cm³/mol. The Labute approximate surface area is 100 Å². The number of hydrogen-bond donors (Lipinski definition) is 1. The summed E-state index contributed by atoms with van der Waals surface area (Å²) in [5.41, 5.74) is 3.88. The third-order valence-corrected chi connectivity index (χ3v) is 3.26. The van der Waals surface area contributed by atoms with Crippen LogP contribution < -0.4 is 5.32 Å². The molecule has 0 radical (unpaired) electrons. The van der Waals surface area contributed by atoms with Gasteiger partial charge in [0, 0.05) is 10.7 Å². The molecule has 2 aromatic carbocycles. The fourth-order valence-electron chi connectivity index (χ4n) is 2.22. The second-order valence-electron chi connectivity index (χ2n) is 4.11. The van der Waals surface area contributed by atoms with Gasteiger partial charge >= 0.3 is 0 Å². The summed E-state index contributed by atoms with van der Waals surface area (Å²) in [4.78, 5) is 0. The smallest absolute Gasteiger partial charge is 0.0555 e. The molecule has 1 atom stereocenters. The topological polar surface area (TPSA) is 12.0 Å². The Bertz CT molecular complexity index is 497. The zero-order valence-corrected chi connectivity index (χ0v) is 9.54. The molecule has 0 spiro atoms. The van der Waals surface area contributed by atoms with E-state index in [1.807, 2.05) is 18.2 Å². The number of hydrogen-bond acceptors (Lipinski definition) is 1. The Morgan fingerprint density at radius 3 is 2.75 bits per heavy atom. The molecule has 80 valence electrons. The van der Waals surface area contributed by atoms with Crippen molar-refractivity contribution < 1.29 is 0 Å². The lowest BCUT2D eigenvalue weighted by atomic mass is 10.0. The van der Waals surface area contributed by atoms with Crippen molar-refractivity contribution in [1.29, 1.82) is 0 Å². The van der Waals surface area contributed by atoms with E-state index in [1.54, 1.807) is 0 Å². The Kier molecular flexibility index (Phi) is 2.33. The molecule has 3 rings (SSSR count). The zero-order chi connectivity index (χ0) is 11.0. The molecule has 16 heavy (non-hydrogen) atoms. The molecule has 1 nitrogen and oxygen atoms in total. The average Bonchev–Trinajstić information content (AvgIpc) is 2.72. The van der Waals surface area contributed by atoms with Gasteiger partial charge in [-0.15, -0.1) is 0 Å². The summed E-state index contributed by atoms with van der Waals surface area (Å²) in [6.45, 7) is 0. The van der Waals surface area contributed by atoms with Crippen LogP contribution in [0.5, 0.6) is 0 Å². The number of para-hydroxylation sites is 1. The molecule has 1 aliphatic heterocycles. The summed E-state index contributed by atoms with van der Waals surface area (Å²) in [5.74, 6) is 0. The summed E-state index contributed by atoms with van der Waals surface area (Å²) >= 11 is 6.01. The molecule has 1 heterocycles. The van der Waals surface area contributed by atoms with Gasteiger partial charge in [-0.05, 0) is 35.7 Å². The van der Waals surface area contributed by atoms with E-state index in [9.17, 15) is 0 Å². The molecule has 0 saturated heterocycles. The Morgan fingerprint density at radius 2 is 1.94 bits per heavy atom. The van der Waals surface area contributed by atoms with E-state index in [0.29, 0.717) is 6.04 Å². The molecular weight excluding hydrogens is 218 g/mol. The van der Waals surface area contributed by atoms with Crippen molar-refractivity contribution in [3.05, 3.63) is 64.7 Å². The van der Waals surface area contributed by atoms with Crippen LogP contribution in [0.25, 0.3) is 0 Å². The van der Waals surface area contributed by atoms with Crippen molar-refractivity contribution >= 4 is 17.3 Å². The van der Waals surface area contributed by atoms with Crippen LogP contribution in [0.1, 0.15) is 17.2 Å². The van der Waals surface area contributed by atoms with Crippen molar-refractivity contribution in [2.24, 2.45) is 0 Å². The number of benzene rings is 2. The first-order valence-corrected chi connectivity index (χ1v) is 5.80. The fourth-order valence-corrected chi connectivity index (χ4v) is 2.42. The molecule has 0 fully saturated rings. The van der Waals surface area contributed by atoms with Crippen LogP contribution in [0.4, 0.5) is 5.69 Å². The second-order valence-corrected chi connectivity index (χ2v) is 4.55. The summed E-state index contributed by atoms with van der Waals surface area (Å²) in [6, 6.07) is 16.9. The van der Waals surface area contributed by atoms with E-state index < -0.39 is 0 Å². The van der Waals surface area contributed by atoms with E-state index in [1.165, 1.54) is 16.8 Å². The van der Waals surface area contributed by atoms with Crippen LogP contribution in [0.15, 0.2) is 48.5 Å². The van der Waals surface area contributed by atoms with Gasteiger partial charge in [0.1, 0.15) is 0 Å². The highest BCUT2D eigenvalue weighted by Gasteiger charge is 2.21. The lowest BCUT2D eigenvalue weighted by Gasteiger charge is -2.11. The van der Waals surface area contributed by atoms with Gasteiger partial charge in [-0.1, -0.05) is 41.9 Å². The molecule has 0 aliphatic carbocycles. The van der Waals surface area contributed by atoms with Crippen LogP contribution in [0.3, 0.4) is 0 Å². The van der Waals surface area contributed by atoms with Crippen molar-refractivity contribution in [3.8, 4) is 0 Å². The first-order valence-electron chi connectivity index (χ1n) is 5.43. The highest BCUT2D eigenvalue weighted by Crippen LogP contribution is 2.34. The summed E-state index contributed by atoms with van der Waals surface area (Å²) in [5, 5.41) is 4.32. The molecule has 0 aromatic heterocycles. The normalized spacial score (nSPS) is 17.9. The summed E-state index contributed by atoms with van der Waals surface area (Å²) < 4.78 is 0. The van der Waals surface area contributed by atoms with Crippen LogP contribution in [0.2, 0.25) is 5.02 Å². The Hall–Kier alpha value is -1.47. The highest BCUT2D eigenvalue weighted by molar-refractivity contribution is 6.30. The lowest BCUT2D eigenvalue weighted by Crippen LogP contribution is -2.05. The lowest BCUT2D eigenvalue weighted by molar-refractivity contribution is 0.824. The zero-order valence-electron chi connectivity index (χ0n) is 8.78. The minimum absolute atomic E-state index is 0.357. The first kappa shape index (κ1) is 9.73. The summed E-state index contributed by atoms with van der Waals surface area (Å²) in [7, 11) is 0. The second kappa shape index (κ2) is 3.84. The van der Waals surface area contributed by atoms with E-state index >= 15 is 0 Å². The van der Waals surface area contributed by atoms with E-state index in [2.05, 4.69) is 35.6 Å². The van der Waals surface area contributed by atoms with Crippen LogP contribution in [0, 0.1) is 0 Å². The first-order chi connectivity index (χ1) is 7.83. The number of rotatable bonds is 1. The van der Waals surface area contributed by atoms with Crippen LogP contribution in [-0.4, -0.2) is 0 Å². The maximum absolute atomic E-state index is 6.01. The standard InChI is InChI=1S/C14H12ClN/c15-12-6-3-5-10(8-12)14-9-11-4-1-2-7-13(11)16-14/h1-8,14,16H,9H2. The van der Waals surface area contributed by atoms with Gasteiger partial charge in [0.15, 0.2) is 0 Å². The molecule has 1 unspecified atom stereocenters. The molecule has 2 heteroatoms. The van der Waals surface area contributed by atoms with Gasteiger partial charge < -0.3 is 5.32 Å². The maximum Gasteiger partial charge on any atom is 0.0555 e. The number of fused-ring (bicyclic) bond motifs is 1. The molecule has 1 aliphatic rings. The van der Waals surface area contributed by atoms with Gasteiger partial charge in [0.25, 0.3) is 0 Å². The van der Waals surface area contributed by atoms with Gasteiger partial charge in [0.05, 0.1) is 6.04 Å². The molecule has 1 N–H and O–H groups in total.